The Morgan fingerprint density at radius 2 is 1.70 bits per heavy atom. The van der Waals surface area contributed by atoms with Crippen LogP contribution in [0.15, 0.2) is 54.6 Å². The highest BCUT2D eigenvalue weighted by molar-refractivity contribution is 6.38. The molecule has 0 aromatic heterocycles. The molecule has 1 amide bonds. The van der Waals surface area contributed by atoms with Gasteiger partial charge in [-0.05, 0) is 30.0 Å². The van der Waals surface area contributed by atoms with Crippen molar-refractivity contribution in [2.75, 3.05) is 31.3 Å². The summed E-state index contributed by atoms with van der Waals surface area (Å²) in [6.07, 6.45) is 0.715. The molecule has 0 radical (unpaired) electrons. The molecule has 2 heterocycles. The number of anilines is 1. The lowest BCUT2D eigenvalue weighted by Gasteiger charge is -2.32. The van der Waals surface area contributed by atoms with Gasteiger partial charge in [-0.2, -0.15) is 0 Å². The van der Waals surface area contributed by atoms with Gasteiger partial charge in [-0.1, -0.05) is 59.6 Å². The third-order valence-corrected chi connectivity index (χ3v) is 6.04. The number of rotatable bonds is 4. The minimum Gasteiger partial charge on any atom is -0.491 e. The van der Waals surface area contributed by atoms with Gasteiger partial charge in [0.1, 0.15) is 12.4 Å². The minimum absolute atomic E-state index is 0.276. The van der Waals surface area contributed by atoms with Crippen LogP contribution in [-0.2, 0) is 20.1 Å². The second-order valence-electron chi connectivity index (χ2n) is 7.20. The van der Waals surface area contributed by atoms with Gasteiger partial charge in [0.25, 0.3) is 11.7 Å². The quantitative estimate of drug-likeness (QED) is 0.558. The van der Waals surface area contributed by atoms with Crippen LogP contribution in [0.3, 0.4) is 0 Å². The number of benzene rings is 3. The van der Waals surface area contributed by atoms with E-state index in [0.717, 1.165) is 16.5 Å². The van der Waals surface area contributed by atoms with E-state index < -0.39 is 5.79 Å². The van der Waals surface area contributed by atoms with Gasteiger partial charge in [0, 0.05) is 5.39 Å². The molecule has 0 atom stereocenters. The Kier molecular flexibility index (Phi) is 5.07. The van der Waals surface area contributed by atoms with Crippen LogP contribution in [0.25, 0.3) is 10.8 Å². The molecule has 0 saturated carbocycles. The molecule has 154 valence electrons. The Labute approximate surface area is 184 Å². The molecule has 2 aliphatic heterocycles. The summed E-state index contributed by atoms with van der Waals surface area (Å²) >= 11 is 12.9. The lowest BCUT2D eigenvalue weighted by molar-refractivity contribution is -0.256. The van der Waals surface area contributed by atoms with Crippen molar-refractivity contribution >= 4 is 45.6 Å². The van der Waals surface area contributed by atoms with Gasteiger partial charge in [-0.3, -0.25) is 4.79 Å². The molecule has 2 aliphatic rings. The Bertz CT molecular complexity index is 1120. The number of hydrogen-bond donors (Lipinski definition) is 0. The molecule has 0 aliphatic carbocycles. The Morgan fingerprint density at radius 3 is 2.53 bits per heavy atom. The van der Waals surface area contributed by atoms with Crippen LogP contribution in [-0.4, -0.2) is 32.3 Å². The van der Waals surface area contributed by atoms with Crippen LogP contribution in [0.4, 0.5) is 5.69 Å². The molecule has 5 nitrogen and oxygen atoms in total. The normalized spacial score (nSPS) is 17.5. The van der Waals surface area contributed by atoms with Gasteiger partial charge in [-0.25, -0.2) is 0 Å². The number of amides is 1. The smallest absolute Gasteiger partial charge is 0.292 e. The molecule has 0 N–H and O–H groups in total. The van der Waals surface area contributed by atoms with Crippen LogP contribution >= 0.6 is 23.2 Å². The number of carbonyl (C=O) groups is 1. The number of fused-ring (bicyclic) bond motifs is 3. The van der Waals surface area contributed by atoms with E-state index in [2.05, 4.69) is 0 Å². The van der Waals surface area contributed by atoms with Gasteiger partial charge < -0.3 is 19.1 Å². The third-order valence-electron chi connectivity index (χ3n) is 5.43. The van der Waals surface area contributed by atoms with Crippen molar-refractivity contribution in [3.8, 4) is 5.75 Å². The molecular weight excluding hydrogens is 425 g/mol. The summed E-state index contributed by atoms with van der Waals surface area (Å²) in [5.41, 5.74) is 1.00. The van der Waals surface area contributed by atoms with Crippen molar-refractivity contribution in [2.45, 2.75) is 12.2 Å². The van der Waals surface area contributed by atoms with Crippen molar-refractivity contribution < 1.29 is 19.0 Å². The van der Waals surface area contributed by atoms with Crippen molar-refractivity contribution in [3.63, 3.8) is 0 Å². The molecule has 0 bridgehead atoms. The number of carbonyl (C=O) groups excluding carboxylic acids is 1. The van der Waals surface area contributed by atoms with Crippen LogP contribution in [0.5, 0.6) is 5.75 Å². The predicted octanol–water partition coefficient (Wildman–Crippen LogP) is 5.16. The number of halogens is 2. The van der Waals surface area contributed by atoms with Gasteiger partial charge in [-0.15, -0.1) is 0 Å². The van der Waals surface area contributed by atoms with E-state index in [-0.39, 0.29) is 19.1 Å². The SMILES string of the molecule is O=C1N(CCOc2cccc3ccccc23)c2c(Cl)ccc(Cl)c2C12OCCCO2. The maximum atomic E-state index is 13.4. The summed E-state index contributed by atoms with van der Waals surface area (Å²) in [7, 11) is 0. The molecular formula is C23H19Cl2NO4. The molecule has 3 aromatic rings. The standard InChI is InChI=1S/C23H19Cl2NO4/c24-17-9-10-18(25)21-20(17)23(29-12-4-13-30-23)22(27)26(21)11-14-28-19-8-3-6-15-5-1-2-7-16(15)19/h1-3,5-10H,4,11-14H2. The Morgan fingerprint density at radius 1 is 0.967 bits per heavy atom. The zero-order valence-electron chi connectivity index (χ0n) is 16.1. The molecule has 3 aromatic carbocycles. The summed E-state index contributed by atoms with van der Waals surface area (Å²) in [5.74, 6) is -1.10. The molecule has 1 saturated heterocycles. The van der Waals surface area contributed by atoms with Crippen molar-refractivity contribution in [2.24, 2.45) is 0 Å². The first kappa shape index (κ1) is 19.6. The fourth-order valence-electron chi connectivity index (χ4n) is 4.09. The first-order valence-electron chi connectivity index (χ1n) is 9.81. The number of ether oxygens (including phenoxy) is 3. The van der Waals surface area contributed by atoms with Crippen molar-refractivity contribution in [1.82, 2.24) is 0 Å². The Balaban J connectivity index is 1.44. The van der Waals surface area contributed by atoms with Crippen LogP contribution in [0.2, 0.25) is 10.0 Å². The number of nitrogens with zero attached hydrogens (tertiary/aromatic N) is 1. The van der Waals surface area contributed by atoms with E-state index in [9.17, 15) is 4.79 Å². The third kappa shape index (κ3) is 3.05. The van der Waals surface area contributed by atoms with Gasteiger partial charge in [0.05, 0.1) is 41.1 Å². The van der Waals surface area contributed by atoms with Gasteiger partial charge in [0.15, 0.2) is 0 Å². The van der Waals surface area contributed by atoms with E-state index in [0.29, 0.717) is 40.9 Å². The largest absolute Gasteiger partial charge is 0.491 e. The van der Waals surface area contributed by atoms with Crippen LogP contribution in [0, 0.1) is 0 Å². The van der Waals surface area contributed by atoms with Crippen molar-refractivity contribution in [3.05, 3.63) is 70.2 Å². The monoisotopic (exact) mass is 443 g/mol. The number of hydrogen-bond acceptors (Lipinski definition) is 4. The second-order valence-corrected chi connectivity index (χ2v) is 8.02. The van der Waals surface area contributed by atoms with Crippen molar-refractivity contribution in [1.29, 1.82) is 0 Å². The van der Waals surface area contributed by atoms with Crippen LogP contribution in [0.1, 0.15) is 12.0 Å². The lowest BCUT2D eigenvalue weighted by Crippen LogP contribution is -2.48. The summed E-state index contributed by atoms with van der Waals surface area (Å²) in [5, 5.41) is 2.92. The average molecular weight is 444 g/mol. The first-order valence-corrected chi connectivity index (χ1v) is 10.6. The van der Waals surface area contributed by atoms with Crippen LogP contribution < -0.4 is 9.64 Å². The highest BCUT2D eigenvalue weighted by atomic mass is 35.5. The first-order chi connectivity index (χ1) is 14.6. The molecule has 1 fully saturated rings. The van der Waals surface area contributed by atoms with Gasteiger partial charge in [0.2, 0.25) is 0 Å². The van der Waals surface area contributed by atoms with E-state index >= 15 is 0 Å². The molecule has 7 heteroatoms. The molecule has 5 rings (SSSR count). The maximum Gasteiger partial charge on any atom is 0.292 e. The fourth-order valence-corrected chi connectivity index (χ4v) is 4.62. The minimum atomic E-state index is -1.53. The summed E-state index contributed by atoms with van der Waals surface area (Å²) in [6.45, 7) is 1.38. The zero-order valence-corrected chi connectivity index (χ0v) is 17.6. The molecule has 1 spiro atoms. The summed E-state index contributed by atoms with van der Waals surface area (Å²) in [6, 6.07) is 17.2. The topological polar surface area (TPSA) is 48.0 Å². The highest BCUT2D eigenvalue weighted by Crippen LogP contribution is 2.51. The lowest BCUT2D eigenvalue weighted by atomic mass is 10.1. The molecule has 30 heavy (non-hydrogen) atoms. The highest BCUT2D eigenvalue weighted by Gasteiger charge is 2.56. The summed E-state index contributed by atoms with van der Waals surface area (Å²) < 4.78 is 17.8. The zero-order chi connectivity index (χ0) is 20.7. The van der Waals surface area contributed by atoms with Gasteiger partial charge >= 0.3 is 0 Å². The predicted molar refractivity (Wildman–Crippen MR) is 116 cm³/mol. The fraction of sp³-hybridized carbons (Fsp3) is 0.261. The van der Waals surface area contributed by atoms with E-state index in [1.54, 1.807) is 17.0 Å². The summed E-state index contributed by atoms with van der Waals surface area (Å²) in [4.78, 5) is 15.0. The second kappa shape index (κ2) is 7.75. The van der Waals surface area contributed by atoms with E-state index in [1.165, 1.54) is 0 Å². The molecule has 0 unspecified atom stereocenters. The Hall–Kier alpha value is -2.31. The maximum absolute atomic E-state index is 13.4. The average Bonchev–Trinajstić information content (AvgIpc) is 3.01. The van der Waals surface area contributed by atoms with E-state index in [1.807, 2.05) is 42.5 Å². The van der Waals surface area contributed by atoms with E-state index in [4.69, 9.17) is 37.4 Å².